The van der Waals surface area contributed by atoms with Crippen molar-refractivity contribution in [2.24, 2.45) is 7.05 Å². The number of carbonyl (C=O) groups is 2. The number of para-hydroxylation sites is 1. The van der Waals surface area contributed by atoms with Crippen molar-refractivity contribution in [1.29, 1.82) is 0 Å². The van der Waals surface area contributed by atoms with Gasteiger partial charge < -0.3 is 4.57 Å². The summed E-state index contributed by atoms with van der Waals surface area (Å²) in [6.07, 6.45) is 1.67. The molecule has 188 valence electrons. The number of rotatable bonds is 3. The topological polar surface area (TPSA) is 56.9 Å². The van der Waals surface area contributed by atoms with Crippen molar-refractivity contribution in [3.63, 3.8) is 0 Å². The molecule has 2 heterocycles. The van der Waals surface area contributed by atoms with Gasteiger partial charge in [-0.05, 0) is 65.6 Å². The molecule has 0 amide bonds. The highest BCUT2D eigenvalue weighted by molar-refractivity contribution is 6.42. The highest BCUT2D eigenvalue weighted by Crippen LogP contribution is 2.35. The number of hydrogen-bond acceptors (Lipinski definition) is 3. The number of fused-ring (bicyclic) bond motifs is 3. The fraction of sp³-hybridized carbons (Fsp3) is 0.0882. The largest absolute Gasteiger partial charge is 0.327 e. The normalized spacial score (nSPS) is 13.1. The molecule has 0 saturated heterocycles. The van der Waals surface area contributed by atoms with Crippen LogP contribution in [0.5, 0.6) is 0 Å². The van der Waals surface area contributed by atoms with E-state index in [1.165, 1.54) is 0 Å². The zero-order valence-electron chi connectivity index (χ0n) is 21.9. The molecule has 0 radical (unpaired) electrons. The van der Waals surface area contributed by atoms with E-state index in [2.05, 4.69) is 53.3 Å². The summed E-state index contributed by atoms with van der Waals surface area (Å²) in [7, 11) is 2.00. The first-order valence-corrected chi connectivity index (χ1v) is 13.0. The predicted octanol–water partition coefficient (Wildman–Crippen LogP) is 7.26. The number of Topliss-reactive ketones (excluding diaryl/α,β-unsaturated/α-hetero) is 2. The van der Waals surface area contributed by atoms with Gasteiger partial charge in [0.2, 0.25) is 0 Å². The molecule has 0 spiro atoms. The SMILES string of the molecule is Cc1cccc(C)c1-n1c(C=C2C(=O)c3cc4ccccc4cc3C2=O)nc2c1cc(-c1ccccc1)n2C. The zero-order valence-corrected chi connectivity index (χ0v) is 21.9. The van der Waals surface area contributed by atoms with Crippen molar-refractivity contribution in [3.8, 4) is 16.9 Å². The summed E-state index contributed by atoms with van der Waals surface area (Å²) in [5.41, 5.74) is 8.04. The Labute approximate surface area is 225 Å². The number of hydrogen-bond donors (Lipinski definition) is 0. The van der Waals surface area contributed by atoms with Gasteiger partial charge in [0.25, 0.3) is 0 Å². The Morgan fingerprint density at radius 3 is 1.92 bits per heavy atom. The number of allylic oxidation sites excluding steroid dienone is 1. The minimum Gasteiger partial charge on any atom is -0.327 e. The Hall–Kier alpha value is -5.03. The standard InChI is InChI=1S/C34H25N3O2/c1-20-10-9-11-21(2)31(20)37-29-19-28(22-12-5-4-6-13-22)36(3)34(29)35-30(37)18-27-32(38)25-16-23-14-7-8-15-24(23)17-26(25)33(27)39/h4-19H,1-3H3. The number of imidazole rings is 1. The third-order valence-corrected chi connectivity index (χ3v) is 7.74. The van der Waals surface area contributed by atoms with Gasteiger partial charge in [0.1, 0.15) is 5.82 Å². The Kier molecular flexibility index (Phi) is 5.04. The maximum atomic E-state index is 13.6. The number of carbonyl (C=O) groups excluding carboxylic acids is 2. The van der Waals surface area contributed by atoms with Crippen LogP contribution in [0.1, 0.15) is 37.7 Å². The molecule has 1 aliphatic rings. The molecular weight excluding hydrogens is 482 g/mol. The lowest BCUT2D eigenvalue weighted by molar-refractivity contribution is 0.0990. The van der Waals surface area contributed by atoms with Crippen LogP contribution in [0.3, 0.4) is 0 Å². The molecule has 2 aromatic heterocycles. The molecule has 0 atom stereocenters. The molecule has 7 rings (SSSR count). The van der Waals surface area contributed by atoms with Crippen LogP contribution in [0.2, 0.25) is 0 Å². The average Bonchev–Trinajstić information content (AvgIpc) is 3.53. The van der Waals surface area contributed by atoms with Crippen LogP contribution in [-0.4, -0.2) is 25.7 Å². The molecule has 6 aromatic rings. The summed E-state index contributed by atoms with van der Waals surface area (Å²) < 4.78 is 4.15. The lowest BCUT2D eigenvalue weighted by Gasteiger charge is -2.13. The van der Waals surface area contributed by atoms with E-state index < -0.39 is 0 Å². The van der Waals surface area contributed by atoms with E-state index in [9.17, 15) is 9.59 Å². The molecule has 0 fully saturated rings. The first kappa shape index (κ1) is 23.1. The highest BCUT2D eigenvalue weighted by atomic mass is 16.2. The molecule has 0 bridgehead atoms. The Bertz CT molecular complexity index is 1950. The van der Waals surface area contributed by atoms with E-state index in [4.69, 9.17) is 4.98 Å². The van der Waals surface area contributed by atoms with E-state index >= 15 is 0 Å². The Morgan fingerprint density at radius 1 is 0.718 bits per heavy atom. The average molecular weight is 508 g/mol. The molecular formula is C34H25N3O2. The van der Waals surface area contributed by atoms with Gasteiger partial charge in [-0.2, -0.15) is 0 Å². The number of aryl methyl sites for hydroxylation is 3. The minimum absolute atomic E-state index is 0.145. The number of aromatic nitrogens is 3. The maximum Gasteiger partial charge on any atom is 0.197 e. The molecule has 0 aliphatic heterocycles. The van der Waals surface area contributed by atoms with Gasteiger partial charge in [0, 0.05) is 18.2 Å². The molecule has 1 aliphatic carbocycles. The highest BCUT2D eigenvalue weighted by Gasteiger charge is 2.34. The second-order valence-electron chi connectivity index (χ2n) is 10.2. The van der Waals surface area contributed by atoms with Crippen LogP contribution in [0.25, 0.3) is 45.0 Å². The van der Waals surface area contributed by atoms with Crippen LogP contribution >= 0.6 is 0 Å². The molecule has 0 unspecified atom stereocenters. The number of benzene rings is 4. The second kappa shape index (κ2) is 8.50. The van der Waals surface area contributed by atoms with E-state index in [0.717, 1.165) is 50.0 Å². The summed E-state index contributed by atoms with van der Waals surface area (Å²) in [5.74, 6) is 0.0401. The fourth-order valence-electron chi connectivity index (χ4n) is 5.80. The summed E-state index contributed by atoms with van der Waals surface area (Å²) in [6, 6.07) is 29.9. The van der Waals surface area contributed by atoms with Gasteiger partial charge in [-0.3, -0.25) is 14.2 Å². The summed E-state index contributed by atoms with van der Waals surface area (Å²) in [4.78, 5) is 32.1. The number of ketones is 2. The van der Waals surface area contributed by atoms with E-state index in [1.54, 1.807) is 6.08 Å². The van der Waals surface area contributed by atoms with Crippen LogP contribution in [0.4, 0.5) is 0 Å². The minimum atomic E-state index is -0.258. The lowest BCUT2D eigenvalue weighted by Crippen LogP contribution is -2.06. The predicted molar refractivity (Wildman–Crippen MR) is 156 cm³/mol. The van der Waals surface area contributed by atoms with Gasteiger partial charge in [-0.15, -0.1) is 0 Å². The summed E-state index contributed by atoms with van der Waals surface area (Å²) in [5, 5.41) is 1.88. The quantitative estimate of drug-likeness (QED) is 0.187. The molecule has 4 aromatic carbocycles. The Balaban J connectivity index is 1.47. The molecule has 5 nitrogen and oxygen atoms in total. The van der Waals surface area contributed by atoms with Crippen LogP contribution in [-0.2, 0) is 7.05 Å². The molecule has 0 N–H and O–H groups in total. The molecule has 0 saturated carbocycles. The van der Waals surface area contributed by atoms with Crippen molar-refractivity contribution >= 4 is 39.6 Å². The fourth-order valence-corrected chi connectivity index (χ4v) is 5.80. The van der Waals surface area contributed by atoms with E-state index in [-0.39, 0.29) is 17.1 Å². The van der Waals surface area contributed by atoms with Gasteiger partial charge in [0.15, 0.2) is 17.2 Å². The van der Waals surface area contributed by atoms with Gasteiger partial charge in [0.05, 0.1) is 22.5 Å². The lowest BCUT2D eigenvalue weighted by atomic mass is 10.0. The Morgan fingerprint density at radius 2 is 1.31 bits per heavy atom. The van der Waals surface area contributed by atoms with Crippen LogP contribution < -0.4 is 0 Å². The summed E-state index contributed by atoms with van der Waals surface area (Å²) >= 11 is 0. The van der Waals surface area contributed by atoms with Crippen LogP contribution in [0.15, 0.2) is 96.6 Å². The van der Waals surface area contributed by atoms with Gasteiger partial charge in [-0.1, -0.05) is 72.8 Å². The summed E-state index contributed by atoms with van der Waals surface area (Å²) in [6.45, 7) is 4.14. The monoisotopic (exact) mass is 507 g/mol. The number of nitrogens with zero attached hydrogens (tertiary/aromatic N) is 3. The van der Waals surface area contributed by atoms with Gasteiger partial charge >= 0.3 is 0 Å². The molecule has 39 heavy (non-hydrogen) atoms. The smallest absolute Gasteiger partial charge is 0.197 e. The molecule has 5 heteroatoms. The van der Waals surface area contributed by atoms with Crippen molar-refractivity contribution in [2.75, 3.05) is 0 Å². The first-order chi connectivity index (χ1) is 18.9. The third-order valence-electron chi connectivity index (χ3n) is 7.74. The van der Waals surface area contributed by atoms with Crippen molar-refractivity contribution in [2.45, 2.75) is 13.8 Å². The van der Waals surface area contributed by atoms with E-state index in [0.29, 0.717) is 17.0 Å². The third kappa shape index (κ3) is 3.43. The maximum absolute atomic E-state index is 13.6. The van der Waals surface area contributed by atoms with Crippen molar-refractivity contribution in [1.82, 2.24) is 14.1 Å². The van der Waals surface area contributed by atoms with Gasteiger partial charge in [-0.25, -0.2) is 4.98 Å². The van der Waals surface area contributed by atoms with E-state index in [1.807, 2.05) is 67.7 Å². The zero-order chi connectivity index (χ0) is 26.8. The van der Waals surface area contributed by atoms with Crippen molar-refractivity contribution in [3.05, 3.63) is 125 Å². The second-order valence-corrected chi connectivity index (χ2v) is 10.2. The first-order valence-electron chi connectivity index (χ1n) is 13.0. The van der Waals surface area contributed by atoms with Crippen LogP contribution in [0, 0.1) is 13.8 Å². The van der Waals surface area contributed by atoms with Crippen molar-refractivity contribution < 1.29 is 9.59 Å².